The van der Waals surface area contributed by atoms with Gasteiger partial charge in [-0.1, -0.05) is 36.0 Å². The van der Waals surface area contributed by atoms with Gasteiger partial charge in [0, 0.05) is 25.4 Å². The Hall–Kier alpha value is -2.58. The Morgan fingerprint density at radius 2 is 1.70 bits per heavy atom. The first-order chi connectivity index (χ1) is 14.7. The van der Waals surface area contributed by atoms with Gasteiger partial charge in [-0.3, -0.25) is 4.57 Å². The molecule has 0 saturated carbocycles. The number of hydrogen-bond acceptors (Lipinski definition) is 6. The zero-order valence-corrected chi connectivity index (χ0v) is 17.8. The standard InChI is InChI=1S/C22H25FN4O2S/c1-2-27-21(26-11-13-28-14-12-26)24-25-22(27)30-16-18-5-9-20(10-6-18)29-15-17-3-7-19(23)8-4-17/h3-10H,2,11-16H2,1H3. The fraction of sp³-hybridized carbons (Fsp3) is 0.364. The largest absolute Gasteiger partial charge is 0.489 e. The molecular formula is C22H25FN4O2S. The summed E-state index contributed by atoms with van der Waals surface area (Å²) in [6.07, 6.45) is 0. The summed E-state index contributed by atoms with van der Waals surface area (Å²) in [5.74, 6) is 2.28. The summed E-state index contributed by atoms with van der Waals surface area (Å²) in [7, 11) is 0. The molecule has 0 aliphatic carbocycles. The zero-order chi connectivity index (χ0) is 20.8. The summed E-state index contributed by atoms with van der Waals surface area (Å²) >= 11 is 1.68. The van der Waals surface area contributed by atoms with Crippen molar-refractivity contribution in [3.05, 3.63) is 65.5 Å². The molecule has 6 nitrogen and oxygen atoms in total. The molecule has 3 aromatic rings. The Balaban J connectivity index is 1.32. The fourth-order valence-electron chi connectivity index (χ4n) is 3.24. The van der Waals surface area contributed by atoms with Gasteiger partial charge in [-0.05, 0) is 42.3 Å². The number of hydrogen-bond donors (Lipinski definition) is 0. The van der Waals surface area contributed by atoms with Crippen LogP contribution in [0.3, 0.4) is 0 Å². The van der Waals surface area contributed by atoms with Gasteiger partial charge in [-0.25, -0.2) is 4.39 Å². The Morgan fingerprint density at radius 1 is 1.00 bits per heavy atom. The van der Waals surface area contributed by atoms with E-state index < -0.39 is 0 Å². The maximum atomic E-state index is 13.0. The van der Waals surface area contributed by atoms with Gasteiger partial charge in [0.1, 0.15) is 18.2 Å². The highest BCUT2D eigenvalue weighted by atomic mass is 32.2. The summed E-state index contributed by atoms with van der Waals surface area (Å²) in [4.78, 5) is 2.23. The third kappa shape index (κ3) is 5.12. The van der Waals surface area contributed by atoms with E-state index in [0.29, 0.717) is 6.61 Å². The predicted molar refractivity (Wildman–Crippen MR) is 115 cm³/mol. The third-order valence-electron chi connectivity index (χ3n) is 4.92. The van der Waals surface area contributed by atoms with E-state index in [-0.39, 0.29) is 5.82 Å². The summed E-state index contributed by atoms with van der Waals surface area (Å²) in [6, 6.07) is 14.4. The fourth-order valence-corrected chi connectivity index (χ4v) is 4.19. The van der Waals surface area contributed by atoms with Gasteiger partial charge in [0.05, 0.1) is 13.2 Å². The molecule has 8 heteroatoms. The van der Waals surface area contributed by atoms with Crippen molar-refractivity contribution in [1.82, 2.24) is 14.8 Å². The molecule has 1 saturated heterocycles. The number of morpholine rings is 1. The average Bonchev–Trinajstić information content (AvgIpc) is 3.21. The number of thioether (sulfide) groups is 1. The second kappa shape index (κ2) is 9.95. The van der Waals surface area contributed by atoms with Crippen molar-refractivity contribution in [1.29, 1.82) is 0 Å². The molecule has 0 bridgehead atoms. The molecule has 0 radical (unpaired) electrons. The maximum Gasteiger partial charge on any atom is 0.228 e. The topological polar surface area (TPSA) is 52.4 Å². The quantitative estimate of drug-likeness (QED) is 0.503. The summed E-state index contributed by atoms with van der Waals surface area (Å²) in [5, 5.41) is 9.75. The number of rotatable bonds is 8. The number of halogens is 1. The van der Waals surface area contributed by atoms with Gasteiger partial charge < -0.3 is 14.4 Å². The normalized spacial score (nSPS) is 14.1. The van der Waals surface area contributed by atoms with Crippen molar-refractivity contribution in [2.45, 2.75) is 31.0 Å². The second-order valence-electron chi connectivity index (χ2n) is 6.97. The lowest BCUT2D eigenvalue weighted by Crippen LogP contribution is -2.38. The second-order valence-corrected chi connectivity index (χ2v) is 7.92. The maximum absolute atomic E-state index is 13.0. The highest BCUT2D eigenvalue weighted by Crippen LogP contribution is 2.26. The molecule has 2 heterocycles. The number of ether oxygens (including phenoxy) is 2. The van der Waals surface area contributed by atoms with E-state index in [0.717, 1.165) is 61.0 Å². The van der Waals surface area contributed by atoms with Crippen LogP contribution in [-0.4, -0.2) is 41.1 Å². The van der Waals surface area contributed by atoms with Crippen LogP contribution < -0.4 is 9.64 Å². The molecule has 30 heavy (non-hydrogen) atoms. The first-order valence-corrected chi connectivity index (χ1v) is 11.1. The van der Waals surface area contributed by atoms with Crippen molar-refractivity contribution in [2.75, 3.05) is 31.2 Å². The minimum absolute atomic E-state index is 0.239. The molecule has 0 atom stereocenters. The molecule has 1 aliphatic heterocycles. The minimum Gasteiger partial charge on any atom is -0.489 e. The number of nitrogens with zero attached hydrogens (tertiary/aromatic N) is 4. The molecule has 0 amide bonds. The number of benzene rings is 2. The highest BCUT2D eigenvalue weighted by molar-refractivity contribution is 7.98. The van der Waals surface area contributed by atoms with Crippen LogP contribution in [0, 0.1) is 5.82 Å². The molecule has 1 fully saturated rings. The molecule has 158 valence electrons. The number of anilines is 1. The Labute approximate surface area is 180 Å². The van der Waals surface area contributed by atoms with Crippen LogP contribution in [0.15, 0.2) is 53.7 Å². The van der Waals surface area contributed by atoms with E-state index in [1.54, 1.807) is 23.9 Å². The van der Waals surface area contributed by atoms with Crippen LogP contribution in [0.1, 0.15) is 18.1 Å². The van der Waals surface area contributed by atoms with Crippen LogP contribution in [0.2, 0.25) is 0 Å². The van der Waals surface area contributed by atoms with Crippen molar-refractivity contribution in [2.24, 2.45) is 0 Å². The lowest BCUT2D eigenvalue weighted by Gasteiger charge is -2.27. The molecule has 4 rings (SSSR count). The molecule has 1 aliphatic rings. The van der Waals surface area contributed by atoms with E-state index >= 15 is 0 Å². The minimum atomic E-state index is -0.239. The van der Waals surface area contributed by atoms with E-state index in [1.807, 2.05) is 12.1 Å². The zero-order valence-electron chi connectivity index (χ0n) is 17.0. The SMILES string of the molecule is CCn1c(SCc2ccc(OCc3ccc(F)cc3)cc2)nnc1N1CCOCC1. The lowest BCUT2D eigenvalue weighted by molar-refractivity contribution is 0.121. The van der Waals surface area contributed by atoms with Crippen LogP contribution in [-0.2, 0) is 23.6 Å². The van der Waals surface area contributed by atoms with E-state index in [9.17, 15) is 4.39 Å². The van der Waals surface area contributed by atoms with E-state index in [2.05, 4.69) is 38.7 Å². The summed E-state index contributed by atoms with van der Waals surface area (Å²) in [6.45, 7) is 6.52. The lowest BCUT2D eigenvalue weighted by atomic mass is 10.2. The van der Waals surface area contributed by atoms with Crippen LogP contribution in [0.25, 0.3) is 0 Å². The predicted octanol–water partition coefficient (Wildman–Crippen LogP) is 4.15. The van der Waals surface area contributed by atoms with Crippen LogP contribution in [0.4, 0.5) is 10.3 Å². The smallest absolute Gasteiger partial charge is 0.228 e. The molecule has 2 aromatic carbocycles. The van der Waals surface area contributed by atoms with E-state index in [1.165, 1.54) is 17.7 Å². The molecule has 0 unspecified atom stereocenters. The van der Waals surface area contributed by atoms with Crippen molar-refractivity contribution >= 4 is 17.7 Å². The van der Waals surface area contributed by atoms with Crippen molar-refractivity contribution in [3.63, 3.8) is 0 Å². The Morgan fingerprint density at radius 3 is 2.40 bits per heavy atom. The van der Waals surface area contributed by atoms with Gasteiger partial charge in [0.15, 0.2) is 5.16 Å². The highest BCUT2D eigenvalue weighted by Gasteiger charge is 2.19. The van der Waals surface area contributed by atoms with E-state index in [4.69, 9.17) is 9.47 Å². The molecule has 0 N–H and O–H groups in total. The third-order valence-corrected chi connectivity index (χ3v) is 5.96. The van der Waals surface area contributed by atoms with Crippen LogP contribution in [0.5, 0.6) is 5.75 Å². The van der Waals surface area contributed by atoms with Gasteiger partial charge in [-0.15, -0.1) is 10.2 Å². The van der Waals surface area contributed by atoms with Crippen molar-refractivity contribution < 1.29 is 13.9 Å². The first-order valence-electron chi connectivity index (χ1n) is 10.1. The monoisotopic (exact) mass is 428 g/mol. The Bertz CT molecular complexity index is 941. The number of aromatic nitrogens is 3. The van der Waals surface area contributed by atoms with Gasteiger partial charge >= 0.3 is 0 Å². The molecular weight excluding hydrogens is 403 g/mol. The van der Waals surface area contributed by atoms with Gasteiger partial charge in [0.2, 0.25) is 5.95 Å². The summed E-state index contributed by atoms with van der Waals surface area (Å²) in [5.41, 5.74) is 2.12. The molecule has 1 aromatic heterocycles. The van der Waals surface area contributed by atoms with Gasteiger partial charge in [-0.2, -0.15) is 0 Å². The summed E-state index contributed by atoms with van der Waals surface area (Å²) < 4.78 is 26.4. The van der Waals surface area contributed by atoms with Crippen LogP contribution >= 0.6 is 11.8 Å². The Kier molecular flexibility index (Phi) is 6.86. The molecule has 0 spiro atoms. The average molecular weight is 429 g/mol. The van der Waals surface area contributed by atoms with Gasteiger partial charge in [0.25, 0.3) is 0 Å². The first kappa shape index (κ1) is 20.7. The van der Waals surface area contributed by atoms with Crippen molar-refractivity contribution in [3.8, 4) is 5.75 Å².